The SMILES string of the molecule is N#CCCN(Cc1cccnc1)c1ccc(I)cc1N. The highest BCUT2D eigenvalue weighted by Gasteiger charge is 2.11. The summed E-state index contributed by atoms with van der Waals surface area (Å²) in [6.45, 7) is 1.34. The molecule has 0 saturated heterocycles. The molecular formula is C15H15IN4. The predicted molar refractivity (Wildman–Crippen MR) is 89.1 cm³/mol. The lowest BCUT2D eigenvalue weighted by atomic mass is 10.2. The predicted octanol–water partition coefficient (Wildman–Crippen LogP) is 3.19. The first-order chi connectivity index (χ1) is 9.70. The average molecular weight is 378 g/mol. The van der Waals surface area contributed by atoms with Crippen LogP contribution >= 0.6 is 22.6 Å². The van der Waals surface area contributed by atoms with Crippen LogP contribution in [0.15, 0.2) is 42.7 Å². The van der Waals surface area contributed by atoms with E-state index < -0.39 is 0 Å². The van der Waals surface area contributed by atoms with Gasteiger partial charge in [-0.1, -0.05) is 6.07 Å². The van der Waals surface area contributed by atoms with Crippen LogP contribution in [0.25, 0.3) is 0 Å². The number of aromatic nitrogens is 1. The van der Waals surface area contributed by atoms with Crippen molar-refractivity contribution in [2.75, 3.05) is 17.2 Å². The van der Waals surface area contributed by atoms with Crippen LogP contribution < -0.4 is 10.6 Å². The number of nitrogen functional groups attached to an aromatic ring is 1. The van der Waals surface area contributed by atoms with Crippen molar-refractivity contribution in [3.63, 3.8) is 0 Å². The first-order valence-electron chi connectivity index (χ1n) is 6.26. The summed E-state index contributed by atoms with van der Waals surface area (Å²) >= 11 is 2.24. The molecule has 0 amide bonds. The Labute approximate surface area is 132 Å². The molecule has 0 aliphatic heterocycles. The molecule has 20 heavy (non-hydrogen) atoms. The lowest BCUT2D eigenvalue weighted by Gasteiger charge is -2.25. The topological polar surface area (TPSA) is 65.9 Å². The maximum Gasteiger partial charge on any atom is 0.0640 e. The summed E-state index contributed by atoms with van der Waals surface area (Å²) in [4.78, 5) is 6.24. The summed E-state index contributed by atoms with van der Waals surface area (Å²) < 4.78 is 1.10. The third kappa shape index (κ3) is 3.84. The van der Waals surface area contributed by atoms with Crippen molar-refractivity contribution in [3.8, 4) is 6.07 Å². The van der Waals surface area contributed by atoms with E-state index in [2.05, 4.69) is 38.5 Å². The van der Waals surface area contributed by atoms with Crippen molar-refractivity contribution in [3.05, 3.63) is 51.9 Å². The fraction of sp³-hybridized carbons (Fsp3) is 0.200. The Morgan fingerprint density at radius 3 is 2.85 bits per heavy atom. The molecule has 0 atom stereocenters. The maximum absolute atomic E-state index is 8.82. The second kappa shape index (κ2) is 7.10. The Balaban J connectivity index is 2.25. The summed E-state index contributed by atoms with van der Waals surface area (Å²) in [5.41, 5.74) is 8.90. The van der Waals surface area contributed by atoms with Gasteiger partial charge in [0.25, 0.3) is 0 Å². The summed E-state index contributed by atoms with van der Waals surface area (Å²) in [5.74, 6) is 0. The van der Waals surface area contributed by atoms with Crippen LogP contribution in [0.4, 0.5) is 11.4 Å². The molecule has 1 aromatic heterocycles. The fourth-order valence-corrected chi connectivity index (χ4v) is 2.51. The quantitative estimate of drug-likeness (QED) is 0.641. The van der Waals surface area contributed by atoms with E-state index in [-0.39, 0.29) is 0 Å². The molecule has 0 radical (unpaired) electrons. The number of anilines is 2. The van der Waals surface area contributed by atoms with Gasteiger partial charge >= 0.3 is 0 Å². The standard InChI is InChI=1S/C15H15IN4/c16-13-4-5-15(14(18)9-13)20(8-2-6-17)11-12-3-1-7-19-10-12/h1,3-5,7,9-10H,2,8,11,18H2. The fourth-order valence-electron chi connectivity index (χ4n) is 2.00. The molecule has 5 heteroatoms. The molecule has 0 aliphatic carbocycles. The van der Waals surface area contributed by atoms with Gasteiger partial charge in [-0.3, -0.25) is 4.98 Å². The minimum atomic E-state index is 0.464. The van der Waals surface area contributed by atoms with Crippen molar-refractivity contribution in [1.82, 2.24) is 4.98 Å². The monoisotopic (exact) mass is 378 g/mol. The Hall–Kier alpha value is -1.81. The van der Waals surface area contributed by atoms with Crippen molar-refractivity contribution in [1.29, 1.82) is 5.26 Å². The van der Waals surface area contributed by atoms with E-state index in [4.69, 9.17) is 11.0 Å². The Bertz CT molecular complexity index is 607. The highest BCUT2D eigenvalue weighted by Crippen LogP contribution is 2.26. The number of pyridine rings is 1. The molecule has 2 aromatic rings. The number of nitriles is 1. The molecule has 102 valence electrons. The van der Waals surface area contributed by atoms with E-state index >= 15 is 0 Å². The van der Waals surface area contributed by atoms with E-state index in [9.17, 15) is 0 Å². The molecule has 1 heterocycles. The second-order valence-corrected chi connectivity index (χ2v) is 5.64. The van der Waals surface area contributed by atoms with Gasteiger partial charge in [0.15, 0.2) is 0 Å². The molecule has 1 aromatic carbocycles. The minimum absolute atomic E-state index is 0.464. The number of hydrogen-bond donors (Lipinski definition) is 1. The maximum atomic E-state index is 8.82. The van der Waals surface area contributed by atoms with E-state index in [1.165, 1.54) is 0 Å². The molecule has 0 aliphatic rings. The zero-order valence-electron chi connectivity index (χ0n) is 11.0. The van der Waals surface area contributed by atoms with Gasteiger partial charge in [0.05, 0.1) is 23.9 Å². The highest BCUT2D eigenvalue weighted by molar-refractivity contribution is 14.1. The zero-order valence-corrected chi connectivity index (χ0v) is 13.1. The smallest absolute Gasteiger partial charge is 0.0640 e. The Morgan fingerprint density at radius 1 is 1.35 bits per heavy atom. The van der Waals surface area contributed by atoms with Gasteiger partial charge in [-0.2, -0.15) is 5.26 Å². The highest BCUT2D eigenvalue weighted by atomic mass is 127. The van der Waals surface area contributed by atoms with E-state index in [0.29, 0.717) is 19.5 Å². The summed E-state index contributed by atoms with van der Waals surface area (Å²) in [6, 6.07) is 12.1. The summed E-state index contributed by atoms with van der Waals surface area (Å²) in [5, 5.41) is 8.82. The molecule has 4 nitrogen and oxygen atoms in total. The zero-order chi connectivity index (χ0) is 14.4. The van der Waals surface area contributed by atoms with Crippen LogP contribution in [-0.2, 0) is 6.54 Å². The van der Waals surface area contributed by atoms with Gasteiger partial charge in [-0.05, 0) is 52.4 Å². The molecule has 0 fully saturated rings. The molecular weight excluding hydrogens is 363 g/mol. The normalized spacial score (nSPS) is 10.0. The third-order valence-electron chi connectivity index (χ3n) is 2.92. The molecule has 2 rings (SSSR count). The number of hydrogen-bond acceptors (Lipinski definition) is 4. The van der Waals surface area contributed by atoms with Crippen molar-refractivity contribution in [2.24, 2.45) is 0 Å². The average Bonchev–Trinajstić information content (AvgIpc) is 2.45. The molecule has 0 bridgehead atoms. The number of nitrogens with two attached hydrogens (primary N) is 1. The molecule has 0 unspecified atom stereocenters. The summed E-state index contributed by atoms with van der Waals surface area (Å²) in [6.07, 6.45) is 4.05. The van der Waals surface area contributed by atoms with Gasteiger partial charge < -0.3 is 10.6 Å². The Morgan fingerprint density at radius 2 is 2.20 bits per heavy atom. The van der Waals surface area contributed by atoms with E-state index in [1.807, 2.05) is 36.5 Å². The first kappa shape index (κ1) is 14.6. The van der Waals surface area contributed by atoms with Crippen LogP contribution in [0.3, 0.4) is 0 Å². The van der Waals surface area contributed by atoms with Crippen LogP contribution in [0.1, 0.15) is 12.0 Å². The van der Waals surface area contributed by atoms with Crippen LogP contribution in [0, 0.1) is 14.9 Å². The van der Waals surface area contributed by atoms with Gasteiger partial charge in [0.2, 0.25) is 0 Å². The van der Waals surface area contributed by atoms with Gasteiger partial charge in [0.1, 0.15) is 0 Å². The van der Waals surface area contributed by atoms with Crippen LogP contribution in [0.5, 0.6) is 0 Å². The lowest BCUT2D eigenvalue weighted by Crippen LogP contribution is -2.24. The second-order valence-electron chi connectivity index (χ2n) is 4.39. The van der Waals surface area contributed by atoms with Gasteiger partial charge in [-0.15, -0.1) is 0 Å². The third-order valence-corrected chi connectivity index (χ3v) is 3.59. The molecule has 2 N–H and O–H groups in total. The van der Waals surface area contributed by atoms with Gasteiger partial charge in [0, 0.05) is 29.1 Å². The number of rotatable bonds is 5. The summed E-state index contributed by atoms with van der Waals surface area (Å²) in [7, 11) is 0. The molecule has 0 saturated carbocycles. The van der Waals surface area contributed by atoms with Crippen LogP contribution in [0.2, 0.25) is 0 Å². The van der Waals surface area contributed by atoms with Crippen LogP contribution in [-0.4, -0.2) is 11.5 Å². The molecule has 0 spiro atoms. The largest absolute Gasteiger partial charge is 0.397 e. The van der Waals surface area contributed by atoms with Gasteiger partial charge in [-0.25, -0.2) is 0 Å². The van der Waals surface area contributed by atoms with Crippen molar-refractivity contribution < 1.29 is 0 Å². The van der Waals surface area contributed by atoms with Crippen molar-refractivity contribution in [2.45, 2.75) is 13.0 Å². The lowest BCUT2D eigenvalue weighted by molar-refractivity contribution is 0.796. The van der Waals surface area contributed by atoms with Crippen molar-refractivity contribution >= 4 is 34.0 Å². The minimum Gasteiger partial charge on any atom is -0.397 e. The first-order valence-corrected chi connectivity index (χ1v) is 7.34. The van der Waals surface area contributed by atoms with E-state index in [0.717, 1.165) is 20.5 Å². The number of benzene rings is 1. The number of halogens is 1. The Kier molecular flexibility index (Phi) is 5.18. The number of nitrogens with zero attached hydrogens (tertiary/aromatic N) is 3. The van der Waals surface area contributed by atoms with E-state index in [1.54, 1.807) is 6.20 Å².